The monoisotopic (exact) mass is 204 g/mol. The number of rotatable bonds is 2. The van der Waals surface area contributed by atoms with Crippen molar-refractivity contribution in [3.05, 3.63) is 42.2 Å². The molecule has 1 aromatic carbocycles. The van der Waals surface area contributed by atoms with Crippen LogP contribution in [-0.4, -0.2) is 16.2 Å². The van der Waals surface area contributed by atoms with Crippen molar-refractivity contribution in [1.82, 2.24) is 0 Å². The van der Waals surface area contributed by atoms with Crippen LogP contribution in [0.1, 0.15) is 10.4 Å². The van der Waals surface area contributed by atoms with E-state index >= 15 is 0 Å². The van der Waals surface area contributed by atoms with Crippen molar-refractivity contribution < 1.29 is 19.4 Å². The van der Waals surface area contributed by atoms with Crippen molar-refractivity contribution in [3.8, 4) is 17.1 Å². The molecule has 2 aromatic rings. The summed E-state index contributed by atoms with van der Waals surface area (Å²) >= 11 is 0. The molecule has 0 saturated heterocycles. The fraction of sp³-hybridized carbons (Fsp3) is 0. The van der Waals surface area contributed by atoms with Gasteiger partial charge in [0.2, 0.25) is 0 Å². The van der Waals surface area contributed by atoms with Crippen LogP contribution in [0.4, 0.5) is 0 Å². The number of phenolic OH excluding ortho intramolecular Hbond substituents is 1. The van der Waals surface area contributed by atoms with Crippen LogP contribution >= 0.6 is 0 Å². The maximum Gasteiger partial charge on any atom is 0.339 e. The number of phenols is 1. The second kappa shape index (κ2) is 3.49. The summed E-state index contributed by atoms with van der Waals surface area (Å²) in [5, 5.41) is 17.9. The summed E-state index contributed by atoms with van der Waals surface area (Å²) in [6.07, 6.45) is 1.33. The molecule has 0 aliphatic rings. The van der Waals surface area contributed by atoms with E-state index in [1.165, 1.54) is 24.5 Å². The third-order valence-corrected chi connectivity index (χ3v) is 2.03. The van der Waals surface area contributed by atoms with E-state index in [0.717, 1.165) is 0 Å². The smallest absolute Gasteiger partial charge is 0.339 e. The minimum Gasteiger partial charge on any atom is -0.508 e. The molecule has 0 aliphatic carbocycles. The van der Waals surface area contributed by atoms with Crippen LogP contribution in [0.25, 0.3) is 11.3 Å². The molecule has 4 nitrogen and oxygen atoms in total. The first-order valence-electron chi connectivity index (χ1n) is 4.28. The minimum absolute atomic E-state index is 0.112. The summed E-state index contributed by atoms with van der Waals surface area (Å²) in [6, 6.07) is 7.54. The first-order valence-corrected chi connectivity index (χ1v) is 4.28. The molecule has 0 amide bonds. The van der Waals surface area contributed by atoms with Gasteiger partial charge < -0.3 is 14.6 Å². The molecule has 4 heteroatoms. The Morgan fingerprint density at radius 3 is 2.40 bits per heavy atom. The molecule has 1 aromatic heterocycles. The van der Waals surface area contributed by atoms with E-state index in [2.05, 4.69) is 0 Å². The lowest BCUT2D eigenvalue weighted by atomic mass is 10.1. The molecule has 2 rings (SSSR count). The highest BCUT2D eigenvalue weighted by Crippen LogP contribution is 2.26. The lowest BCUT2D eigenvalue weighted by Gasteiger charge is -1.99. The van der Waals surface area contributed by atoms with E-state index in [4.69, 9.17) is 14.6 Å². The quantitative estimate of drug-likeness (QED) is 0.787. The standard InChI is InChI=1S/C11H8O4/c12-8-3-1-7(2-4-8)10-9(11(13)14)5-6-15-10/h1-6,12H,(H,13,14). The number of furan rings is 1. The SMILES string of the molecule is O=C(O)c1ccoc1-c1ccc(O)cc1. The van der Waals surface area contributed by atoms with Crippen molar-refractivity contribution in [1.29, 1.82) is 0 Å². The minimum atomic E-state index is -1.04. The van der Waals surface area contributed by atoms with E-state index in [0.29, 0.717) is 11.3 Å². The van der Waals surface area contributed by atoms with Crippen molar-refractivity contribution in [2.75, 3.05) is 0 Å². The Morgan fingerprint density at radius 2 is 1.80 bits per heavy atom. The van der Waals surface area contributed by atoms with Crippen molar-refractivity contribution in [2.24, 2.45) is 0 Å². The van der Waals surface area contributed by atoms with E-state index < -0.39 is 5.97 Å². The van der Waals surface area contributed by atoms with Crippen LogP contribution in [0.15, 0.2) is 41.0 Å². The largest absolute Gasteiger partial charge is 0.508 e. The van der Waals surface area contributed by atoms with Gasteiger partial charge in [-0.25, -0.2) is 4.79 Å². The molecule has 0 saturated carbocycles. The number of aromatic hydroxyl groups is 1. The highest BCUT2D eigenvalue weighted by Gasteiger charge is 2.14. The van der Waals surface area contributed by atoms with Crippen molar-refractivity contribution in [3.63, 3.8) is 0 Å². The lowest BCUT2D eigenvalue weighted by molar-refractivity contribution is 0.0697. The maximum atomic E-state index is 10.8. The van der Waals surface area contributed by atoms with Gasteiger partial charge in [0.25, 0.3) is 0 Å². The van der Waals surface area contributed by atoms with Crippen LogP contribution in [-0.2, 0) is 0 Å². The third kappa shape index (κ3) is 1.69. The van der Waals surface area contributed by atoms with E-state index in [1.54, 1.807) is 12.1 Å². The Hall–Kier alpha value is -2.23. The summed E-state index contributed by atoms with van der Waals surface area (Å²) in [7, 11) is 0. The number of benzene rings is 1. The summed E-state index contributed by atoms with van der Waals surface area (Å²) in [4.78, 5) is 10.8. The van der Waals surface area contributed by atoms with Gasteiger partial charge >= 0.3 is 5.97 Å². The van der Waals surface area contributed by atoms with Crippen LogP contribution < -0.4 is 0 Å². The van der Waals surface area contributed by atoms with Gasteiger partial charge in [0.05, 0.1) is 6.26 Å². The Bertz CT molecular complexity index is 482. The number of hydrogen-bond donors (Lipinski definition) is 2. The van der Waals surface area contributed by atoms with Gasteiger partial charge in [0, 0.05) is 5.56 Å². The highest BCUT2D eigenvalue weighted by atomic mass is 16.4. The zero-order valence-corrected chi connectivity index (χ0v) is 7.68. The Morgan fingerprint density at radius 1 is 1.13 bits per heavy atom. The molecule has 76 valence electrons. The Labute approximate surface area is 85.4 Å². The molecule has 1 heterocycles. The molecule has 0 spiro atoms. The summed E-state index contributed by atoms with van der Waals surface area (Å²) in [6.45, 7) is 0. The Balaban J connectivity index is 2.49. The summed E-state index contributed by atoms with van der Waals surface area (Å²) in [5.41, 5.74) is 0.732. The third-order valence-electron chi connectivity index (χ3n) is 2.03. The summed E-state index contributed by atoms with van der Waals surface area (Å²) < 4.78 is 5.09. The molecule has 0 unspecified atom stereocenters. The average molecular weight is 204 g/mol. The van der Waals surface area contributed by atoms with Gasteiger partial charge in [-0.15, -0.1) is 0 Å². The van der Waals surface area contributed by atoms with Gasteiger partial charge in [0.15, 0.2) is 0 Å². The predicted octanol–water partition coefficient (Wildman–Crippen LogP) is 2.35. The molecule has 0 aliphatic heterocycles. The number of hydrogen-bond acceptors (Lipinski definition) is 3. The molecular weight excluding hydrogens is 196 g/mol. The first-order chi connectivity index (χ1) is 7.18. The van der Waals surface area contributed by atoms with Crippen LogP contribution in [0.3, 0.4) is 0 Å². The Kier molecular flexibility index (Phi) is 2.17. The zero-order valence-electron chi connectivity index (χ0n) is 7.68. The van der Waals surface area contributed by atoms with Gasteiger partial charge in [-0.05, 0) is 30.3 Å². The second-order valence-electron chi connectivity index (χ2n) is 3.02. The van der Waals surface area contributed by atoms with Gasteiger partial charge in [-0.1, -0.05) is 0 Å². The molecule has 15 heavy (non-hydrogen) atoms. The van der Waals surface area contributed by atoms with Gasteiger partial charge in [-0.2, -0.15) is 0 Å². The fourth-order valence-electron chi connectivity index (χ4n) is 1.31. The number of carboxylic acids is 1. The van der Waals surface area contributed by atoms with Crippen molar-refractivity contribution >= 4 is 5.97 Å². The molecule has 0 radical (unpaired) electrons. The molecule has 0 fully saturated rings. The average Bonchev–Trinajstić information content (AvgIpc) is 2.67. The van der Waals surface area contributed by atoms with E-state index in [-0.39, 0.29) is 11.3 Å². The van der Waals surface area contributed by atoms with Crippen molar-refractivity contribution in [2.45, 2.75) is 0 Å². The maximum absolute atomic E-state index is 10.8. The van der Waals surface area contributed by atoms with E-state index in [1.807, 2.05) is 0 Å². The van der Waals surface area contributed by atoms with Gasteiger partial charge in [-0.3, -0.25) is 0 Å². The first kappa shape index (κ1) is 9.33. The number of carbonyl (C=O) groups is 1. The molecule has 2 N–H and O–H groups in total. The van der Waals surface area contributed by atoms with Crippen LogP contribution in [0.2, 0.25) is 0 Å². The normalized spacial score (nSPS) is 10.1. The summed E-state index contributed by atoms with van der Waals surface area (Å²) in [5.74, 6) is -0.614. The molecule has 0 atom stereocenters. The molecule has 0 bridgehead atoms. The number of aromatic carboxylic acids is 1. The van der Waals surface area contributed by atoms with Gasteiger partial charge in [0.1, 0.15) is 17.1 Å². The van der Waals surface area contributed by atoms with Crippen LogP contribution in [0.5, 0.6) is 5.75 Å². The van der Waals surface area contributed by atoms with E-state index in [9.17, 15) is 4.79 Å². The zero-order chi connectivity index (χ0) is 10.8. The molecular formula is C11H8O4. The second-order valence-corrected chi connectivity index (χ2v) is 3.02. The topological polar surface area (TPSA) is 70.7 Å². The predicted molar refractivity (Wildman–Crippen MR) is 52.8 cm³/mol. The number of carboxylic acid groups (broad SMARTS) is 1. The lowest BCUT2D eigenvalue weighted by Crippen LogP contribution is -1.95. The highest BCUT2D eigenvalue weighted by molar-refractivity contribution is 5.94. The fourth-order valence-corrected chi connectivity index (χ4v) is 1.31. The van der Waals surface area contributed by atoms with Crippen LogP contribution in [0, 0.1) is 0 Å².